The number of ether oxygens (including phenoxy) is 2. The Morgan fingerprint density at radius 3 is 1.86 bits per heavy atom. The summed E-state index contributed by atoms with van der Waals surface area (Å²) in [6.07, 6.45) is 0.621. The number of nitrogens with zero attached hydrogens (tertiary/aromatic N) is 2. The van der Waals surface area contributed by atoms with Gasteiger partial charge >= 0.3 is 0 Å². The second kappa shape index (κ2) is 8.72. The molecule has 0 aromatic heterocycles. The number of hydrogen-bond donors (Lipinski definition) is 2. The molecule has 0 bridgehead atoms. The lowest BCUT2D eigenvalue weighted by molar-refractivity contribution is 0.0718. The van der Waals surface area contributed by atoms with E-state index in [1.54, 1.807) is 28.0 Å². The Morgan fingerprint density at radius 1 is 0.759 bits per heavy atom. The number of rotatable bonds is 4. The average Bonchev–Trinajstić information content (AvgIpc) is 2.97. The van der Waals surface area contributed by atoms with Crippen LogP contribution >= 0.6 is 0 Å². The molecule has 1 aliphatic heterocycles. The number of amides is 2. The molecule has 2 amide bonds. The smallest absolute Gasteiger partial charge is 0.254 e. The van der Waals surface area contributed by atoms with Gasteiger partial charge in [-0.3, -0.25) is 9.59 Å². The predicted molar refractivity (Wildman–Crippen MR) is 106 cm³/mol. The van der Waals surface area contributed by atoms with Crippen LogP contribution in [0, 0.1) is 0 Å². The van der Waals surface area contributed by atoms with Crippen LogP contribution in [-0.2, 0) is 0 Å². The molecule has 0 radical (unpaired) electrons. The first-order valence-electron chi connectivity index (χ1n) is 9.26. The second-order valence-corrected chi connectivity index (χ2v) is 6.75. The molecule has 0 saturated carbocycles. The number of hydrogen-bond acceptors (Lipinski definition) is 6. The molecule has 1 aliphatic rings. The second-order valence-electron chi connectivity index (χ2n) is 6.75. The quantitative estimate of drug-likeness (QED) is 0.816. The summed E-state index contributed by atoms with van der Waals surface area (Å²) in [4.78, 5) is 29.0. The highest BCUT2D eigenvalue weighted by atomic mass is 16.5. The van der Waals surface area contributed by atoms with Crippen molar-refractivity contribution in [3.8, 4) is 23.0 Å². The van der Waals surface area contributed by atoms with E-state index in [2.05, 4.69) is 0 Å². The Labute approximate surface area is 168 Å². The molecular formula is C21H24N2O6. The molecule has 0 spiro atoms. The zero-order valence-corrected chi connectivity index (χ0v) is 16.4. The standard InChI is InChI=1S/C21H24N2O6/c1-28-18-5-4-14(12-19(18)29-2)20(26)22-6-3-7-23(9-8-22)21(27)15-10-16(24)13-17(25)11-15/h4-5,10-13,24-25H,3,6-9H2,1-2H3. The molecular weight excluding hydrogens is 376 g/mol. The molecule has 8 heteroatoms. The van der Waals surface area contributed by atoms with E-state index < -0.39 is 0 Å². The first-order valence-corrected chi connectivity index (χ1v) is 9.26. The number of carbonyl (C=O) groups is 2. The van der Waals surface area contributed by atoms with E-state index in [4.69, 9.17) is 9.47 Å². The van der Waals surface area contributed by atoms with Crippen molar-refractivity contribution in [2.75, 3.05) is 40.4 Å². The van der Waals surface area contributed by atoms with E-state index in [0.717, 1.165) is 0 Å². The minimum atomic E-state index is -0.295. The van der Waals surface area contributed by atoms with Gasteiger partial charge in [0.1, 0.15) is 11.5 Å². The summed E-state index contributed by atoms with van der Waals surface area (Å²) in [6, 6.07) is 8.83. The fourth-order valence-electron chi connectivity index (χ4n) is 3.38. The highest BCUT2D eigenvalue weighted by molar-refractivity contribution is 5.96. The van der Waals surface area contributed by atoms with E-state index in [0.29, 0.717) is 49.7 Å². The van der Waals surface area contributed by atoms with Crippen LogP contribution in [0.1, 0.15) is 27.1 Å². The lowest BCUT2D eigenvalue weighted by atomic mass is 10.1. The van der Waals surface area contributed by atoms with Gasteiger partial charge in [0, 0.05) is 43.4 Å². The summed E-state index contributed by atoms with van der Waals surface area (Å²) in [5, 5.41) is 19.2. The van der Waals surface area contributed by atoms with Gasteiger partial charge in [0.2, 0.25) is 0 Å². The van der Waals surface area contributed by atoms with Gasteiger partial charge in [0.25, 0.3) is 11.8 Å². The van der Waals surface area contributed by atoms with Crippen LogP contribution in [0.15, 0.2) is 36.4 Å². The van der Waals surface area contributed by atoms with Gasteiger partial charge in [-0.1, -0.05) is 0 Å². The van der Waals surface area contributed by atoms with Gasteiger partial charge in [-0.2, -0.15) is 0 Å². The predicted octanol–water partition coefficient (Wildman–Crippen LogP) is 2.10. The fraction of sp³-hybridized carbons (Fsp3) is 0.333. The number of carbonyl (C=O) groups excluding carboxylic acids is 2. The average molecular weight is 400 g/mol. The first kappa shape index (κ1) is 20.3. The molecule has 154 valence electrons. The molecule has 1 fully saturated rings. The molecule has 0 atom stereocenters. The monoisotopic (exact) mass is 400 g/mol. The third-order valence-corrected chi connectivity index (χ3v) is 4.85. The molecule has 1 saturated heterocycles. The molecule has 2 aromatic carbocycles. The van der Waals surface area contributed by atoms with E-state index in [1.165, 1.54) is 32.4 Å². The summed E-state index contributed by atoms with van der Waals surface area (Å²) in [6.45, 7) is 1.73. The van der Waals surface area contributed by atoms with Crippen molar-refractivity contribution in [2.45, 2.75) is 6.42 Å². The Kier molecular flexibility index (Phi) is 6.11. The Hall–Kier alpha value is -3.42. The molecule has 0 aliphatic carbocycles. The number of phenols is 2. The molecule has 0 unspecified atom stereocenters. The number of phenolic OH excluding ortho intramolecular Hbond substituents is 2. The Bertz CT molecular complexity index is 894. The van der Waals surface area contributed by atoms with E-state index in [9.17, 15) is 19.8 Å². The number of methoxy groups -OCH3 is 2. The van der Waals surface area contributed by atoms with Crippen LogP contribution < -0.4 is 9.47 Å². The number of aromatic hydroxyl groups is 2. The normalized spacial score (nSPS) is 14.3. The van der Waals surface area contributed by atoms with Crippen molar-refractivity contribution in [1.82, 2.24) is 9.80 Å². The van der Waals surface area contributed by atoms with Gasteiger partial charge < -0.3 is 29.5 Å². The fourth-order valence-corrected chi connectivity index (χ4v) is 3.38. The van der Waals surface area contributed by atoms with Crippen LogP contribution in [0.3, 0.4) is 0 Å². The third kappa shape index (κ3) is 4.53. The van der Waals surface area contributed by atoms with Gasteiger partial charge in [0.05, 0.1) is 14.2 Å². The molecule has 1 heterocycles. The maximum Gasteiger partial charge on any atom is 0.254 e. The van der Waals surface area contributed by atoms with Gasteiger partial charge in [-0.25, -0.2) is 0 Å². The number of benzene rings is 2. The minimum Gasteiger partial charge on any atom is -0.508 e. The molecule has 2 N–H and O–H groups in total. The zero-order valence-electron chi connectivity index (χ0n) is 16.4. The summed E-state index contributed by atoms with van der Waals surface area (Å²) < 4.78 is 10.5. The van der Waals surface area contributed by atoms with Crippen LogP contribution in [0.5, 0.6) is 23.0 Å². The summed E-state index contributed by atoms with van der Waals surface area (Å²) >= 11 is 0. The summed E-state index contributed by atoms with van der Waals surface area (Å²) in [5.41, 5.74) is 0.697. The topological polar surface area (TPSA) is 99.5 Å². The molecule has 29 heavy (non-hydrogen) atoms. The van der Waals surface area contributed by atoms with Crippen molar-refractivity contribution >= 4 is 11.8 Å². The minimum absolute atomic E-state index is 0.143. The zero-order chi connectivity index (χ0) is 21.0. The lowest BCUT2D eigenvalue weighted by Crippen LogP contribution is -2.37. The van der Waals surface area contributed by atoms with Crippen LogP contribution in [0.25, 0.3) is 0 Å². The Morgan fingerprint density at radius 2 is 1.31 bits per heavy atom. The van der Waals surface area contributed by atoms with E-state index in [1.807, 2.05) is 0 Å². The van der Waals surface area contributed by atoms with E-state index in [-0.39, 0.29) is 28.9 Å². The lowest BCUT2D eigenvalue weighted by Gasteiger charge is -2.22. The van der Waals surface area contributed by atoms with Crippen molar-refractivity contribution in [2.24, 2.45) is 0 Å². The highest BCUT2D eigenvalue weighted by Gasteiger charge is 2.24. The van der Waals surface area contributed by atoms with Crippen LogP contribution in [-0.4, -0.2) is 72.2 Å². The van der Waals surface area contributed by atoms with Crippen molar-refractivity contribution in [1.29, 1.82) is 0 Å². The SMILES string of the molecule is COc1ccc(C(=O)N2CCCN(C(=O)c3cc(O)cc(O)c3)CC2)cc1OC. The maximum atomic E-state index is 12.9. The third-order valence-electron chi connectivity index (χ3n) is 4.85. The Balaban J connectivity index is 1.71. The molecule has 8 nitrogen and oxygen atoms in total. The van der Waals surface area contributed by atoms with Crippen molar-refractivity contribution < 1.29 is 29.3 Å². The van der Waals surface area contributed by atoms with Gasteiger partial charge in [0.15, 0.2) is 11.5 Å². The highest BCUT2D eigenvalue weighted by Crippen LogP contribution is 2.28. The van der Waals surface area contributed by atoms with Crippen molar-refractivity contribution in [3.05, 3.63) is 47.5 Å². The van der Waals surface area contributed by atoms with Crippen LogP contribution in [0.4, 0.5) is 0 Å². The van der Waals surface area contributed by atoms with Crippen LogP contribution in [0.2, 0.25) is 0 Å². The van der Waals surface area contributed by atoms with Gasteiger partial charge in [-0.15, -0.1) is 0 Å². The first-order chi connectivity index (χ1) is 13.9. The molecule has 3 rings (SSSR count). The molecule has 2 aromatic rings. The van der Waals surface area contributed by atoms with Crippen molar-refractivity contribution in [3.63, 3.8) is 0 Å². The largest absolute Gasteiger partial charge is 0.508 e. The maximum absolute atomic E-state index is 12.9. The van der Waals surface area contributed by atoms with E-state index >= 15 is 0 Å². The summed E-state index contributed by atoms with van der Waals surface area (Å²) in [7, 11) is 3.05. The summed E-state index contributed by atoms with van der Waals surface area (Å²) in [5.74, 6) is 0.244. The van der Waals surface area contributed by atoms with Gasteiger partial charge in [-0.05, 0) is 36.8 Å².